The molecule has 79 heavy (non-hydrogen) atoms. The molecule has 4 aliphatic heterocycles. The highest BCUT2D eigenvalue weighted by molar-refractivity contribution is 6.25. The number of amides is 4. The van der Waals surface area contributed by atoms with Gasteiger partial charge in [-0.25, -0.2) is 19.9 Å². The van der Waals surface area contributed by atoms with Crippen molar-refractivity contribution in [3.05, 3.63) is 132 Å². The van der Waals surface area contributed by atoms with Crippen LogP contribution in [0, 0.1) is 24.7 Å². The number of piperazine rings is 1. The average Bonchev–Trinajstić information content (AvgIpc) is 4.40. The number of likely N-dealkylation sites (N-methyl/N-ethyl adjacent to an activating group) is 1. The molecule has 7 aromatic rings. The topological polar surface area (TPSA) is 226 Å². The quantitative estimate of drug-likeness (QED) is 0.0653. The van der Waals surface area contributed by atoms with Gasteiger partial charge in [-0.1, -0.05) is 17.9 Å². The van der Waals surface area contributed by atoms with E-state index in [9.17, 15) is 24.0 Å². The third-order valence-corrected chi connectivity index (χ3v) is 15.7. The molecule has 2 aromatic carbocycles. The molecule has 404 valence electrons. The lowest BCUT2D eigenvalue weighted by molar-refractivity contribution is -0.137. The smallest absolute Gasteiger partial charge is 0.264 e. The summed E-state index contributed by atoms with van der Waals surface area (Å²) in [5.41, 5.74) is 14.2. The molecule has 11 rings (SSSR count). The van der Waals surface area contributed by atoms with Crippen LogP contribution in [-0.2, 0) is 20.9 Å². The van der Waals surface area contributed by atoms with Gasteiger partial charge in [0.2, 0.25) is 11.8 Å². The Morgan fingerprint density at radius 3 is 2.35 bits per heavy atom. The number of nitrogen functional groups attached to an aromatic ring is 1. The summed E-state index contributed by atoms with van der Waals surface area (Å²) in [5, 5.41) is 10.5. The van der Waals surface area contributed by atoms with Crippen LogP contribution in [0.4, 0.5) is 23.0 Å². The number of aldehydes is 1. The third-order valence-electron chi connectivity index (χ3n) is 15.7. The van der Waals surface area contributed by atoms with Crippen molar-refractivity contribution in [3.63, 3.8) is 0 Å². The number of imide groups is 1. The Hall–Kier alpha value is -8.96. The lowest BCUT2D eigenvalue weighted by Gasteiger charge is -2.37. The van der Waals surface area contributed by atoms with Crippen LogP contribution in [0.2, 0.25) is 0 Å². The van der Waals surface area contributed by atoms with Gasteiger partial charge in [0.25, 0.3) is 11.8 Å². The number of anilines is 4. The number of imidazole rings is 1. The van der Waals surface area contributed by atoms with Crippen LogP contribution in [-0.4, -0.2) is 151 Å². The van der Waals surface area contributed by atoms with E-state index in [-0.39, 0.29) is 41.8 Å². The van der Waals surface area contributed by atoms with Crippen LogP contribution >= 0.6 is 0 Å². The fourth-order valence-electron chi connectivity index (χ4n) is 11.4. The molecule has 0 saturated carbocycles. The summed E-state index contributed by atoms with van der Waals surface area (Å²) in [4.78, 5) is 93.2. The first-order valence-corrected chi connectivity index (χ1v) is 27.1. The van der Waals surface area contributed by atoms with E-state index in [1.165, 1.54) is 12.7 Å². The average molecular weight is 1060 g/mol. The van der Waals surface area contributed by atoms with Gasteiger partial charge in [-0.15, -0.1) is 0 Å². The van der Waals surface area contributed by atoms with Gasteiger partial charge in [-0.3, -0.25) is 38.2 Å². The van der Waals surface area contributed by atoms with Gasteiger partial charge in [0.05, 0.1) is 35.6 Å². The van der Waals surface area contributed by atoms with Crippen LogP contribution in [0.5, 0.6) is 0 Å². The van der Waals surface area contributed by atoms with E-state index in [0.717, 1.165) is 121 Å². The second-order valence-electron chi connectivity index (χ2n) is 20.6. The highest BCUT2D eigenvalue weighted by Gasteiger charge is 2.44. The maximum absolute atomic E-state index is 13.8. The van der Waals surface area contributed by atoms with Gasteiger partial charge >= 0.3 is 0 Å². The lowest BCUT2D eigenvalue weighted by atomic mass is 9.93. The predicted molar refractivity (Wildman–Crippen MR) is 300 cm³/mol. The van der Waals surface area contributed by atoms with Gasteiger partial charge in [-0.05, 0) is 112 Å². The number of hydrogen-bond donors (Lipinski definition) is 3. The van der Waals surface area contributed by atoms with E-state index >= 15 is 0 Å². The number of nitrogens with zero attached hydrogens (tertiary/aromatic N) is 12. The van der Waals surface area contributed by atoms with Crippen molar-refractivity contribution in [2.75, 3.05) is 86.8 Å². The highest BCUT2D eigenvalue weighted by Crippen LogP contribution is 2.34. The molecule has 5 aromatic heterocycles. The maximum Gasteiger partial charge on any atom is 0.264 e. The Balaban J connectivity index is 0.602. The number of pyridine rings is 3. The highest BCUT2D eigenvalue weighted by atomic mass is 16.2. The van der Waals surface area contributed by atoms with Crippen molar-refractivity contribution in [2.24, 2.45) is 5.92 Å². The standard InChI is InChI=1S/C59H63N15O5/c1-39-66-50-16-15-48(43-18-23-62-52(60)34-43)67-55(50)73(39)46-13-11-44(12-14-46)69-31-29-68(30-32-69)24-4-6-40-10-17-53(64-35-40)70-25-19-42(20-26-70)57(77)71-27-21-45(22-28-71)72-38-41(37-65-72)36-63-49-8-3-7-47-54(49)59(79)74(58(47)78)51(9-5-33-75)56(76)61-2/h3,7-8,10-18,23,33-35,37-38,42,45,51,63H,5,9,19-22,24-32,36H2,1-2H3,(H2,60,62)(H,61,76). The summed E-state index contributed by atoms with van der Waals surface area (Å²) in [5.74, 6) is 7.48. The Bertz CT molecular complexity index is 3470. The molecule has 0 aliphatic carbocycles. The van der Waals surface area contributed by atoms with E-state index in [0.29, 0.717) is 44.0 Å². The molecule has 20 nitrogen and oxygen atoms in total. The Morgan fingerprint density at radius 1 is 0.835 bits per heavy atom. The molecular weight excluding hydrogens is 999 g/mol. The van der Waals surface area contributed by atoms with Crippen LogP contribution in [0.1, 0.15) is 82.2 Å². The van der Waals surface area contributed by atoms with E-state index in [2.05, 4.69) is 76.1 Å². The van der Waals surface area contributed by atoms with Crippen molar-refractivity contribution < 1.29 is 24.0 Å². The molecular formula is C59H63N15O5. The monoisotopic (exact) mass is 1060 g/mol. The zero-order valence-electron chi connectivity index (χ0n) is 44.4. The summed E-state index contributed by atoms with van der Waals surface area (Å²) in [6.07, 6.45) is 11.2. The Morgan fingerprint density at radius 2 is 1.62 bits per heavy atom. The number of likely N-dealkylation sites (tertiary alicyclic amines) is 1. The van der Waals surface area contributed by atoms with Crippen molar-refractivity contribution in [3.8, 4) is 28.8 Å². The zero-order chi connectivity index (χ0) is 54.6. The molecule has 1 atom stereocenters. The number of nitrogens with two attached hydrogens (primary N) is 1. The van der Waals surface area contributed by atoms with Gasteiger partial charge in [0.15, 0.2) is 5.65 Å². The third kappa shape index (κ3) is 11.0. The molecule has 4 amide bonds. The number of piperidine rings is 2. The van der Waals surface area contributed by atoms with Crippen molar-refractivity contribution in [1.82, 2.24) is 54.3 Å². The minimum absolute atomic E-state index is 0.0201. The molecule has 4 N–H and O–H groups in total. The minimum Gasteiger partial charge on any atom is -0.384 e. The summed E-state index contributed by atoms with van der Waals surface area (Å²) in [6, 6.07) is 24.5. The van der Waals surface area contributed by atoms with Crippen LogP contribution in [0.3, 0.4) is 0 Å². The fraction of sp³-hybridized carbons (Fsp3) is 0.356. The van der Waals surface area contributed by atoms with E-state index in [4.69, 9.17) is 20.7 Å². The largest absolute Gasteiger partial charge is 0.384 e. The number of fused-ring (bicyclic) bond motifs is 2. The normalized spacial score (nSPS) is 16.7. The molecule has 9 heterocycles. The zero-order valence-corrected chi connectivity index (χ0v) is 44.4. The summed E-state index contributed by atoms with van der Waals surface area (Å²) >= 11 is 0. The SMILES string of the molecule is CNC(=O)C(CCC=O)N1C(=O)c2cccc(NCc3cnn(C4CCN(C(=O)C5CCN(c6ccc(C#CCN7CCN(c8ccc(-n9c(C)nc%10ccc(-c%11ccnc(N)c%11)nc%109)cc8)CC7)cn6)CC5)CC4)c3)c2C1=O. The Labute approximate surface area is 458 Å². The molecule has 0 spiro atoms. The molecule has 20 heteroatoms. The number of carbonyl (C=O) groups excluding carboxylic acids is 5. The molecule has 4 aliphatic rings. The number of hydrogen-bond acceptors (Lipinski definition) is 15. The van der Waals surface area contributed by atoms with Crippen LogP contribution in [0.25, 0.3) is 28.1 Å². The first-order valence-electron chi connectivity index (χ1n) is 27.1. The van der Waals surface area contributed by atoms with Gasteiger partial charge < -0.3 is 35.9 Å². The van der Waals surface area contributed by atoms with Crippen molar-refractivity contribution >= 4 is 64.1 Å². The summed E-state index contributed by atoms with van der Waals surface area (Å²) in [6.45, 7) is 9.55. The molecule has 1 unspecified atom stereocenters. The first-order chi connectivity index (χ1) is 38.5. The van der Waals surface area contributed by atoms with E-state index < -0.39 is 23.8 Å². The predicted octanol–water partition coefficient (Wildman–Crippen LogP) is 5.52. The van der Waals surface area contributed by atoms with Gasteiger partial charge in [0, 0.05) is 131 Å². The van der Waals surface area contributed by atoms with E-state index in [1.54, 1.807) is 30.6 Å². The van der Waals surface area contributed by atoms with Crippen LogP contribution < -0.4 is 26.2 Å². The molecule has 3 saturated heterocycles. The van der Waals surface area contributed by atoms with Crippen molar-refractivity contribution in [1.29, 1.82) is 0 Å². The van der Waals surface area contributed by atoms with Crippen molar-refractivity contribution in [2.45, 2.75) is 64.1 Å². The number of aryl methyl sites for hydroxylation is 1. The molecule has 0 radical (unpaired) electrons. The lowest BCUT2D eigenvalue weighted by Crippen LogP contribution is -2.48. The number of nitrogens with one attached hydrogen (secondary N) is 2. The van der Waals surface area contributed by atoms with E-state index in [1.807, 2.05) is 65.3 Å². The second kappa shape index (κ2) is 22.9. The number of benzene rings is 2. The number of carbonyl (C=O) groups is 5. The van der Waals surface area contributed by atoms with Gasteiger partial charge in [-0.2, -0.15) is 5.10 Å². The van der Waals surface area contributed by atoms with Gasteiger partial charge in [0.1, 0.15) is 35.3 Å². The summed E-state index contributed by atoms with van der Waals surface area (Å²) < 4.78 is 4.05. The summed E-state index contributed by atoms with van der Waals surface area (Å²) in [7, 11) is 1.43. The second-order valence-corrected chi connectivity index (χ2v) is 20.6. The Kier molecular flexibility index (Phi) is 15.1. The fourth-order valence-corrected chi connectivity index (χ4v) is 11.4. The number of rotatable bonds is 15. The first kappa shape index (κ1) is 52.1. The molecule has 0 bridgehead atoms. The minimum atomic E-state index is -1.09. The van der Waals surface area contributed by atoms with Crippen LogP contribution in [0.15, 0.2) is 104 Å². The molecule has 3 fully saturated rings. The number of aromatic nitrogens is 7. The maximum atomic E-state index is 13.8.